The Morgan fingerprint density at radius 2 is 2.06 bits per heavy atom. The van der Waals surface area contributed by atoms with Crippen molar-refractivity contribution in [1.82, 2.24) is 10.2 Å². The predicted octanol–water partition coefficient (Wildman–Crippen LogP) is 1.95. The van der Waals surface area contributed by atoms with Crippen molar-refractivity contribution >= 4 is 12.0 Å². The van der Waals surface area contributed by atoms with Crippen LogP contribution in [0.4, 0.5) is 4.79 Å². The van der Waals surface area contributed by atoms with Crippen molar-refractivity contribution in [2.45, 2.75) is 26.7 Å². The van der Waals surface area contributed by atoms with Crippen LogP contribution in [0.1, 0.15) is 26.7 Å². The molecule has 0 spiro atoms. The van der Waals surface area contributed by atoms with E-state index in [1.807, 2.05) is 19.9 Å². The van der Waals surface area contributed by atoms with E-state index in [9.17, 15) is 9.59 Å². The molecule has 0 aromatic carbocycles. The second-order valence-electron chi connectivity index (χ2n) is 4.73. The van der Waals surface area contributed by atoms with E-state index in [0.29, 0.717) is 6.54 Å². The van der Waals surface area contributed by atoms with Crippen LogP contribution in [0.2, 0.25) is 0 Å². The van der Waals surface area contributed by atoms with Crippen LogP contribution in [-0.4, -0.2) is 42.1 Å². The lowest BCUT2D eigenvalue weighted by Gasteiger charge is -2.21. The highest BCUT2D eigenvalue weighted by atomic mass is 16.4. The monoisotopic (exact) mass is 256 g/mol. The molecule has 0 aliphatic rings. The predicted molar refractivity (Wildman–Crippen MR) is 71.4 cm³/mol. The summed E-state index contributed by atoms with van der Waals surface area (Å²) in [6, 6.07) is -0.231. The largest absolute Gasteiger partial charge is 0.481 e. The van der Waals surface area contributed by atoms with Crippen LogP contribution in [0.5, 0.6) is 0 Å². The smallest absolute Gasteiger partial charge is 0.317 e. The van der Waals surface area contributed by atoms with Crippen molar-refractivity contribution in [3.8, 4) is 0 Å². The van der Waals surface area contributed by atoms with Crippen LogP contribution in [0.15, 0.2) is 12.7 Å². The summed E-state index contributed by atoms with van der Waals surface area (Å²) in [5.74, 6) is -1.43. The van der Waals surface area contributed by atoms with E-state index in [4.69, 9.17) is 5.11 Å². The van der Waals surface area contributed by atoms with Crippen molar-refractivity contribution in [1.29, 1.82) is 0 Å². The average Bonchev–Trinajstić information content (AvgIpc) is 2.28. The molecule has 0 radical (unpaired) electrons. The summed E-state index contributed by atoms with van der Waals surface area (Å²) in [6.07, 6.45) is 3.53. The zero-order chi connectivity index (χ0) is 14.1. The molecule has 0 heterocycles. The molecule has 0 aliphatic carbocycles. The van der Waals surface area contributed by atoms with E-state index in [0.717, 1.165) is 12.8 Å². The van der Waals surface area contributed by atoms with Crippen LogP contribution in [-0.2, 0) is 4.79 Å². The lowest BCUT2D eigenvalue weighted by molar-refractivity contribution is -0.142. The normalized spacial score (nSPS) is 12.0. The lowest BCUT2D eigenvalue weighted by Crippen LogP contribution is -2.42. The van der Waals surface area contributed by atoms with E-state index in [1.165, 1.54) is 0 Å². The van der Waals surface area contributed by atoms with Gasteiger partial charge in [-0.05, 0) is 18.8 Å². The Balaban J connectivity index is 4.07. The number of rotatable bonds is 8. The molecule has 1 unspecified atom stereocenters. The third-order valence-corrected chi connectivity index (χ3v) is 2.84. The first-order valence-electron chi connectivity index (χ1n) is 6.22. The van der Waals surface area contributed by atoms with E-state index >= 15 is 0 Å². The first-order valence-corrected chi connectivity index (χ1v) is 6.22. The fourth-order valence-electron chi connectivity index (χ4n) is 1.51. The summed E-state index contributed by atoms with van der Waals surface area (Å²) in [5.41, 5.74) is 0. The van der Waals surface area contributed by atoms with Crippen LogP contribution >= 0.6 is 0 Å². The van der Waals surface area contributed by atoms with Crippen molar-refractivity contribution < 1.29 is 14.7 Å². The fourth-order valence-corrected chi connectivity index (χ4v) is 1.51. The zero-order valence-electron chi connectivity index (χ0n) is 11.5. The number of carboxylic acids is 1. The van der Waals surface area contributed by atoms with Gasteiger partial charge in [0.25, 0.3) is 0 Å². The van der Waals surface area contributed by atoms with Crippen LogP contribution in [0.3, 0.4) is 0 Å². The lowest BCUT2D eigenvalue weighted by atomic mass is 9.96. The van der Waals surface area contributed by atoms with Gasteiger partial charge in [-0.25, -0.2) is 4.79 Å². The fraction of sp³-hybridized carbons (Fsp3) is 0.692. The van der Waals surface area contributed by atoms with Gasteiger partial charge in [0.05, 0.1) is 5.92 Å². The number of carbonyl (C=O) groups excluding carboxylic acids is 1. The Morgan fingerprint density at radius 3 is 2.50 bits per heavy atom. The van der Waals surface area contributed by atoms with Gasteiger partial charge in [-0.3, -0.25) is 4.79 Å². The van der Waals surface area contributed by atoms with Gasteiger partial charge in [-0.15, -0.1) is 6.58 Å². The molecule has 0 saturated carbocycles. The number of nitrogens with one attached hydrogen (secondary N) is 1. The van der Waals surface area contributed by atoms with Gasteiger partial charge >= 0.3 is 12.0 Å². The molecule has 1 atom stereocenters. The number of nitrogens with zero attached hydrogens (tertiary/aromatic N) is 1. The maximum Gasteiger partial charge on any atom is 0.317 e. The number of allylic oxidation sites excluding steroid dienone is 1. The summed E-state index contributed by atoms with van der Waals surface area (Å²) >= 11 is 0. The second kappa shape index (κ2) is 8.55. The quantitative estimate of drug-likeness (QED) is 0.515. The maximum atomic E-state index is 11.7. The summed E-state index contributed by atoms with van der Waals surface area (Å²) in [6.45, 7) is 8.08. The third kappa shape index (κ3) is 6.27. The highest BCUT2D eigenvalue weighted by molar-refractivity contribution is 5.75. The van der Waals surface area contributed by atoms with Crippen molar-refractivity contribution in [3.63, 3.8) is 0 Å². The second-order valence-corrected chi connectivity index (χ2v) is 4.73. The molecule has 2 N–H and O–H groups in total. The van der Waals surface area contributed by atoms with Crippen molar-refractivity contribution in [2.24, 2.45) is 11.8 Å². The number of aliphatic carboxylic acids is 1. The number of carboxylic acid groups (broad SMARTS) is 1. The Labute approximate surface area is 109 Å². The molecule has 0 aliphatic heterocycles. The van der Waals surface area contributed by atoms with Gasteiger partial charge in [0, 0.05) is 20.1 Å². The van der Waals surface area contributed by atoms with Crippen LogP contribution < -0.4 is 5.32 Å². The topological polar surface area (TPSA) is 69.6 Å². The van der Waals surface area contributed by atoms with E-state index in [1.54, 1.807) is 11.9 Å². The van der Waals surface area contributed by atoms with Gasteiger partial charge in [0.15, 0.2) is 0 Å². The van der Waals surface area contributed by atoms with E-state index < -0.39 is 11.9 Å². The number of amides is 2. The van der Waals surface area contributed by atoms with Crippen LogP contribution in [0.25, 0.3) is 0 Å². The summed E-state index contributed by atoms with van der Waals surface area (Å²) in [5, 5.41) is 11.6. The van der Waals surface area contributed by atoms with E-state index in [-0.39, 0.29) is 18.5 Å². The van der Waals surface area contributed by atoms with E-state index in [2.05, 4.69) is 11.9 Å². The number of urea groups is 1. The average molecular weight is 256 g/mol. The summed E-state index contributed by atoms with van der Waals surface area (Å²) in [4.78, 5) is 24.2. The Morgan fingerprint density at radius 1 is 1.44 bits per heavy atom. The Kier molecular flexibility index (Phi) is 7.83. The first kappa shape index (κ1) is 16.5. The molecule has 0 bridgehead atoms. The van der Waals surface area contributed by atoms with Gasteiger partial charge in [-0.2, -0.15) is 0 Å². The first-order chi connectivity index (χ1) is 8.40. The Hall–Kier alpha value is -1.52. The SMILES string of the molecule is C=CCCCN(C)C(=O)NCC(C(=O)O)C(C)C. The molecule has 5 heteroatoms. The van der Waals surface area contributed by atoms with Crippen molar-refractivity contribution in [3.05, 3.63) is 12.7 Å². The highest BCUT2D eigenvalue weighted by Crippen LogP contribution is 2.09. The minimum atomic E-state index is -0.875. The number of hydrogen-bond acceptors (Lipinski definition) is 2. The standard InChI is InChI=1S/C13H24N2O3/c1-5-6-7-8-15(4)13(18)14-9-11(10(2)3)12(16)17/h5,10-11H,1,6-9H2,2-4H3,(H,14,18)(H,16,17). The molecular formula is C13H24N2O3. The minimum absolute atomic E-state index is 0.00567. The molecule has 0 fully saturated rings. The third-order valence-electron chi connectivity index (χ3n) is 2.84. The molecule has 0 aromatic rings. The molecule has 2 amide bonds. The minimum Gasteiger partial charge on any atom is -0.481 e. The van der Waals surface area contributed by atoms with Crippen LogP contribution in [0, 0.1) is 11.8 Å². The molecule has 0 aromatic heterocycles. The number of unbranched alkanes of at least 4 members (excludes halogenated alkanes) is 1. The van der Waals surface area contributed by atoms with Gasteiger partial charge in [0.2, 0.25) is 0 Å². The molecule has 0 saturated heterocycles. The molecule has 5 nitrogen and oxygen atoms in total. The number of hydrogen-bond donors (Lipinski definition) is 2. The van der Waals surface area contributed by atoms with Gasteiger partial charge in [-0.1, -0.05) is 19.9 Å². The highest BCUT2D eigenvalue weighted by Gasteiger charge is 2.22. The van der Waals surface area contributed by atoms with Gasteiger partial charge < -0.3 is 15.3 Å². The maximum absolute atomic E-state index is 11.7. The van der Waals surface area contributed by atoms with Crippen molar-refractivity contribution in [2.75, 3.05) is 20.1 Å². The molecular weight excluding hydrogens is 232 g/mol. The molecule has 18 heavy (non-hydrogen) atoms. The summed E-state index contributed by atoms with van der Waals surface area (Å²) < 4.78 is 0. The molecule has 0 rings (SSSR count). The van der Waals surface area contributed by atoms with Gasteiger partial charge in [0.1, 0.15) is 0 Å². The molecule has 104 valence electrons. The number of carbonyl (C=O) groups is 2. The Bertz CT molecular complexity index is 290. The summed E-state index contributed by atoms with van der Waals surface area (Å²) in [7, 11) is 1.70. The zero-order valence-corrected chi connectivity index (χ0v) is 11.5.